The third-order valence-electron chi connectivity index (χ3n) is 6.36. The molecule has 0 saturated carbocycles. The zero-order valence-corrected chi connectivity index (χ0v) is 19.4. The van der Waals surface area contributed by atoms with E-state index in [1.54, 1.807) is 24.3 Å². The van der Waals surface area contributed by atoms with Crippen molar-refractivity contribution in [2.75, 3.05) is 12.4 Å². The summed E-state index contributed by atoms with van der Waals surface area (Å²) in [6.07, 6.45) is 5.07. The van der Waals surface area contributed by atoms with Gasteiger partial charge in [-0.05, 0) is 83.1 Å². The SMILES string of the molecule is CN1C2CCCCC1C2Oc1ccc(O)cc1CNc1ccc(C(=O)OC(C)(C)C)cc1. The number of phenols is 1. The van der Waals surface area contributed by atoms with Gasteiger partial charge in [0.25, 0.3) is 0 Å². The lowest BCUT2D eigenvalue weighted by molar-refractivity contribution is -0.0844. The zero-order valence-electron chi connectivity index (χ0n) is 19.4. The van der Waals surface area contributed by atoms with Crippen molar-refractivity contribution in [2.24, 2.45) is 0 Å². The molecule has 32 heavy (non-hydrogen) atoms. The molecule has 0 radical (unpaired) electrons. The maximum absolute atomic E-state index is 12.2. The first-order valence-electron chi connectivity index (χ1n) is 11.5. The van der Waals surface area contributed by atoms with Crippen LogP contribution in [0.15, 0.2) is 42.5 Å². The first kappa shape index (κ1) is 22.5. The number of benzene rings is 2. The standard InChI is InChI=1S/C26H34N2O4/c1-26(2,3)32-25(30)17-9-11-19(12-10-17)27-16-18-15-20(29)13-14-23(18)31-24-21-7-5-6-8-22(24)28(21)4/h9-15,21-22,24,27,29H,5-8,16H2,1-4H3. The predicted molar refractivity (Wildman–Crippen MR) is 125 cm³/mol. The van der Waals surface area contributed by atoms with Crippen molar-refractivity contribution in [3.63, 3.8) is 0 Å². The Balaban J connectivity index is 1.41. The minimum Gasteiger partial charge on any atom is -0.508 e. The monoisotopic (exact) mass is 438 g/mol. The van der Waals surface area contributed by atoms with Gasteiger partial charge in [-0.3, -0.25) is 4.90 Å². The Morgan fingerprint density at radius 2 is 1.75 bits per heavy atom. The molecule has 0 aromatic heterocycles. The second kappa shape index (κ2) is 9.02. The van der Waals surface area contributed by atoms with E-state index in [-0.39, 0.29) is 17.8 Å². The Morgan fingerprint density at radius 1 is 1.09 bits per heavy atom. The van der Waals surface area contributed by atoms with E-state index in [1.807, 2.05) is 39.0 Å². The topological polar surface area (TPSA) is 71.0 Å². The molecule has 6 heteroatoms. The maximum atomic E-state index is 12.2. The molecule has 2 fully saturated rings. The second-order valence-corrected chi connectivity index (χ2v) is 9.89. The molecule has 6 nitrogen and oxygen atoms in total. The number of carbonyl (C=O) groups is 1. The molecular formula is C26H34N2O4. The van der Waals surface area contributed by atoms with E-state index in [9.17, 15) is 9.90 Å². The summed E-state index contributed by atoms with van der Waals surface area (Å²) in [6, 6.07) is 13.5. The van der Waals surface area contributed by atoms with Crippen LogP contribution in [-0.4, -0.2) is 46.8 Å². The van der Waals surface area contributed by atoms with E-state index in [1.165, 1.54) is 25.7 Å². The van der Waals surface area contributed by atoms with Crippen molar-refractivity contribution in [3.05, 3.63) is 53.6 Å². The highest BCUT2D eigenvalue weighted by atomic mass is 16.6. The van der Waals surface area contributed by atoms with Crippen molar-refractivity contribution >= 4 is 11.7 Å². The highest BCUT2D eigenvalue weighted by Gasteiger charge is 2.48. The molecule has 2 N–H and O–H groups in total. The molecule has 172 valence electrons. The highest BCUT2D eigenvalue weighted by molar-refractivity contribution is 5.90. The molecule has 2 heterocycles. The number of phenolic OH excluding ortho intramolecular Hbond substituents is 1. The van der Waals surface area contributed by atoms with Crippen LogP contribution < -0.4 is 10.1 Å². The lowest BCUT2D eigenvalue weighted by Crippen LogP contribution is -2.66. The molecule has 2 aliphatic rings. The molecule has 2 atom stereocenters. The van der Waals surface area contributed by atoms with Crippen molar-refractivity contribution in [3.8, 4) is 11.5 Å². The van der Waals surface area contributed by atoms with Crippen LogP contribution in [0.1, 0.15) is 62.4 Å². The number of hydrogen-bond acceptors (Lipinski definition) is 6. The summed E-state index contributed by atoms with van der Waals surface area (Å²) in [5.41, 5.74) is 1.78. The third kappa shape index (κ3) is 5.01. The molecule has 2 saturated heterocycles. The van der Waals surface area contributed by atoms with Crippen molar-refractivity contribution in [2.45, 2.75) is 76.8 Å². The van der Waals surface area contributed by atoms with Crippen LogP contribution in [0, 0.1) is 0 Å². The first-order chi connectivity index (χ1) is 15.2. The van der Waals surface area contributed by atoms with Gasteiger partial charge in [-0.25, -0.2) is 4.79 Å². The zero-order chi connectivity index (χ0) is 22.9. The van der Waals surface area contributed by atoms with Crippen LogP contribution in [0.5, 0.6) is 11.5 Å². The van der Waals surface area contributed by atoms with E-state index in [0.717, 1.165) is 17.0 Å². The number of hydrogen-bond donors (Lipinski definition) is 2. The van der Waals surface area contributed by atoms with E-state index in [2.05, 4.69) is 17.3 Å². The van der Waals surface area contributed by atoms with Crippen molar-refractivity contribution < 1.29 is 19.4 Å². The summed E-state index contributed by atoms with van der Waals surface area (Å²) in [5.74, 6) is 0.702. The van der Waals surface area contributed by atoms with Gasteiger partial charge < -0.3 is 19.9 Å². The smallest absolute Gasteiger partial charge is 0.338 e. The summed E-state index contributed by atoms with van der Waals surface area (Å²) in [7, 11) is 2.20. The van der Waals surface area contributed by atoms with Gasteiger partial charge in [0.15, 0.2) is 0 Å². The molecule has 0 aliphatic carbocycles. The summed E-state index contributed by atoms with van der Waals surface area (Å²) < 4.78 is 11.9. The Hall–Kier alpha value is -2.73. The number of anilines is 1. The number of carbonyl (C=O) groups excluding carboxylic acids is 1. The second-order valence-electron chi connectivity index (χ2n) is 9.89. The van der Waals surface area contributed by atoms with E-state index in [4.69, 9.17) is 9.47 Å². The van der Waals surface area contributed by atoms with Gasteiger partial charge >= 0.3 is 5.97 Å². The number of nitrogens with zero attached hydrogens (tertiary/aromatic N) is 1. The average molecular weight is 439 g/mol. The van der Waals surface area contributed by atoms with Gasteiger partial charge in [0.1, 0.15) is 23.2 Å². The molecule has 2 bridgehead atoms. The van der Waals surface area contributed by atoms with Crippen LogP contribution in [0.4, 0.5) is 5.69 Å². The summed E-state index contributed by atoms with van der Waals surface area (Å²) in [6.45, 7) is 6.07. The largest absolute Gasteiger partial charge is 0.508 e. The molecule has 0 amide bonds. The van der Waals surface area contributed by atoms with Gasteiger partial charge in [0.05, 0.1) is 5.56 Å². The van der Waals surface area contributed by atoms with Crippen molar-refractivity contribution in [1.82, 2.24) is 4.90 Å². The molecule has 2 unspecified atom stereocenters. The fourth-order valence-electron chi connectivity index (χ4n) is 4.69. The van der Waals surface area contributed by atoms with Crippen LogP contribution in [0.25, 0.3) is 0 Å². The maximum Gasteiger partial charge on any atom is 0.338 e. The molecule has 2 aromatic rings. The Labute approximate surface area is 190 Å². The van der Waals surface area contributed by atoms with Gasteiger partial charge in [0, 0.05) is 29.9 Å². The van der Waals surface area contributed by atoms with Crippen LogP contribution in [0.2, 0.25) is 0 Å². The lowest BCUT2D eigenvalue weighted by Gasteiger charge is -2.51. The van der Waals surface area contributed by atoms with Crippen LogP contribution in [-0.2, 0) is 11.3 Å². The molecule has 0 spiro atoms. The predicted octanol–water partition coefficient (Wildman–Crippen LogP) is 4.96. The highest BCUT2D eigenvalue weighted by Crippen LogP contribution is 2.39. The van der Waals surface area contributed by atoms with Gasteiger partial charge in [-0.15, -0.1) is 0 Å². The molecule has 2 aromatic carbocycles. The van der Waals surface area contributed by atoms with Crippen LogP contribution >= 0.6 is 0 Å². The van der Waals surface area contributed by atoms with Crippen LogP contribution in [0.3, 0.4) is 0 Å². The summed E-state index contributed by atoms with van der Waals surface area (Å²) in [4.78, 5) is 14.7. The number of fused-ring (bicyclic) bond motifs is 2. The summed E-state index contributed by atoms with van der Waals surface area (Å²) >= 11 is 0. The Morgan fingerprint density at radius 3 is 2.38 bits per heavy atom. The molecular weight excluding hydrogens is 404 g/mol. The number of esters is 1. The fourth-order valence-corrected chi connectivity index (χ4v) is 4.69. The van der Waals surface area contributed by atoms with E-state index >= 15 is 0 Å². The number of nitrogens with one attached hydrogen (secondary N) is 1. The normalized spacial score (nSPS) is 23.1. The first-order valence-corrected chi connectivity index (χ1v) is 11.5. The van der Waals surface area contributed by atoms with Gasteiger partial charge in [0.2, 0.25) is 0 Å². The fraction of sp³-hybridized carbons (Fsp3) is 0.500. The average Bonchev–Trinajstić information content (AvgIpc) is 3.07. The van der Waals surface area contributed by atoms with Gasteiger partial charge in [-0.2, -0.15) is 0 Å². The third-order valence-corrected chi connectivity index (χ3v) is 6.36. The van der Waals surface area contributed by atoms with E-state index < -0.39 is 5.60 Å². The lowest BCUT2D eigenvalue weighted by atomic mass is 9.88. The minimum atomic E-state index is -0.521. The van der Waals surface area contributed by atoms with Gasteiger partial charge in [-0.1, -0.05) is 12.8 Å². The Kier molecular flexibility index (Phi) is 6.33. The summed E-state index contributed by atoms with van der Waals surface area (Å²) in [5, 5.41) is 13.4. The molecule has 4 rings (SSSR count). The minimum absolute atomic E-state index is 0.207. The number of aromatic hydroxyl groups is 1. The number of ether oxygens (including phenoxy) is 2. The Bertz CT molecular complexity index is 937. The number of rotatable bonds is 6. The number of likely N-dealkylation sites (N-methyl/N-ethyl adjacent to an activating group) is 1. The molecule has 2 aliphatic heterocycles. The van der Waals surface area contributed by atoms with Crippen molar-refractivity contribution in [1.29, 1.82) is 0 Å². The van der Waals surface area contributed by atoms with E-state index in [0.29, 0.717) is 24.2 Å². The quantitative estimate of drug-likeness (QED) is 0.621.